The van der Waals surface area contributed by atoms with E-state index >= 15 is 0 Å². The van der Waals surface area contributed by atoms with Gasteiger partial charge < -0.3 is 19.3 Å². The number of aromatic hydroxyl groups is 1. The Labute approximate surface area is 232 Å². The summed E-state index contributed by atoms with van der Waals surface area (Å²) in [6, 6.07) is 10.6. The number of rotatable bonds is 8. The number of thiazole rings is 1. The van der Waals surface area contributed by atoms with Crippen LogP contribution in [-0.2, 0) is 14.3 Å². The summed E-state index contributed by atoms with van der Waals surface area (Å²) in [6.45, 7) is 6.32. The molecule has 0 aliphatic carbocycles. The summed E-state index contributed by atoms with van der Waals surface area (Å²) in [7, 11) is 2.99. The SMILES string of the molecule is COCCOC(=O)C1=C(C)N=c2sc(=Cc3cc(Br)c(O)c(OC)c3)c(=O)n2C1c1ccc(C(C)C)cc1. The number of phenolic OH excluding ortho intramolecular Hbond substituents is 1. The van der Waals surface area contributed by atoms with Gasteiger partial charge in [-0.05, 0) is 63.7 Å². The normalized spacial score (nSPS) is 15.4. The van der Waals surface area contributed by atoms with Gasteiger partial charge in [0.15, 0.2) is 16.3 Å². The van der Waals surface area contributed by atoms with E-state index in [9.17, 15) is 14.7 Å². The average Bonchev–Trinajstić information content (AvgIpc) is 3.19. The van der Waals surface area contributed by atoms with Crippen LogP contribution in [-0.4, -0.2) is 43.1 Å². The third-order valence-electron chi connectivity index (χ3n) is 6.25. The van der Waals surface area contributed by atoms with Crippen molar-refractivity contribution < 1.29 is 24.1 Å². The van der Waals surface area contributed by atoms with Gasteiger partial charge in [0.2, 0.25) is 0 Å². The minimum absolute atomic E-state index is 0.0248. The predicted octanol–water partition coefficient (Wildman–Crippen LogP) is 4.02. The number of nitrogens with zero attached hydrogens (tertiary/aromatic N) is 2. The van der Waals surface area contributed by atoms with Crippen LogP contribution in [0.25, 0.3) is 6.08 Å². The molecule has 1 N–H and O–H groups in total. The molecule has 200 valence electrons. The molecule has 0 radical (unpaired) electrons. The summed E-state index contributed by atoms with van der Waals surface area (Å²) in [5.74, 6) is 0.0489. The van der Waals surface area contributed by atoms with Crippen LogP contribution >= 0.6 is 27.3 Å². The number of carbonyl (C=O) groups excluding carboxylic acids is 1. The maximum absolute atomic E-state index is 13.8. The van der Waals surface area contributed by atoms with E-state index in [2.05, 4.69) is 34.8 Å². The maximum atomic E-state index is 13.8. The number of phenols is 1. The number of carbonyl (C=O) groups is 1. The zero-order valence-electron chi connectivity index (χ0n) is 21.8. The van der Waals surface area contributed by atoms with Gasteiger partial charge in [0.1, 0.15) is 6.61 Å². The van der Waals surface area contributed by atoms with Gasteiger partial charge in [0.05, 0.1) is 40.0 Å². The Kier molecular flexibility index (Phi) is 8.54. The van der Waals surface area contributed by atoms with Crippen LogP contribution in [0.1, 0.15) is 49.4 Å². The van der Waals surface area contributed by atoms with Crippen molar-refractivity contribution in [1.29, 1.82) is 0 Å². The number of allylic oxidation sites excluding steroid dienone is 1. The van der Waals surface area contributed by atoms with E-state index in [1.54, 1.807) is 29.7 Å². The molecule has 2 aromatic carbocycles. The third kappa shape index (κ3) is 5.48. The molecule has 3 aromatic rings. The van der Waals surface area contributed by atoms with Crippen LogP contribution in [0.15, 0.2) is 61.9 Å². The van der Waals surface area contributed by atoms with Crippen molar-refractivity contribution in [3.8, 4) is 11.5 Å². The predicted molar refractivity (Wildman–Crippen MR) is 149 cm³/mol. The number of benzene rings is 2. The van der Waals surface area contributed by atoms with Crippen molar-refractivity contribution in [2.45, 2.75) is 32.7 Å². The molecule has 0 spiro atoms. The molecule has 0 bridgehead atoms. The summed E-state index contributed by atoms with van der Waals surface area (Å²) in [5.41, 5.74) is 3.11. The highest BCUT2D eigenvalue weighted by molar-refractivity contribution is 9.10. The van der Waals surface area contributed by atoms with Crippen molar-refractivity contribution >= 4 is 39.3 Å². The Bertz CT molecular complexity index is 1570. The van der Waals surface area contributed by atoms with Crippen molar-refractivity contribution in [1.82, 2.24) is 4.57 Å². The summed E-state index contributed by atoms with van der Waals surface area (Å²) < 4.78 is 18.1. The number of halogens is 1. The van der Waals surface area contributed by atoms with Crippen LogP contribution in [0.4, 0.5) is 0 Å². The zero-order valence-corrected chi connectivity index (χ0v) is 24.2. The Balaban J connectivity index is 1.89. The molecule has 38 heavy (non-hydrogen) atoms. The van der Waals surface area contributed by atoms with Gasteiger partial charge in [-0.2, -0.15) is 0 Å². The summed E-state index contributed by atoms with van der Waals surface area (Å²) in [5, 5.41) is 10.2. The Morgan fingerprint density at radius 3 is 2.55 bits per heavy atom. The lowest BCUT2D eigenvalue weighted by molar-refractivity contribution is -0.140. The highest BCUT2D eigenvalue weighted by atomic mass is 79.9. The van der Waals surface area contributed by atoms with Crippen LogP contribution in [0.3, 0.4) is 0 Å². The monoisotopic (exact) mass is 600 g/mol. The van der Waals surface area contributed by atoms with E-state index in [0.29, 0.717) is 36.6 Å². The molecule has 1 aliphatic rings. The average molecular weight is 602 g/mol. The Morgan fingerprint density at radius 2 is 1.92 bits per heavy atom. The summed E-state index contributed by atoms with van der Waals surface area (Å²) in [6.07, 6.45) is 1.71. The summed E-state index contributed by atoms with van der Waals surface area (Å²) >= 11 is 4.55. The van der Waals surface area contributed by atoms with Crippen molar-refractivity contribution in [2.75, 3.05) is 27.4 Å². The number of ether oxygens (including phenoxy) is 3. The largest absolute Gasteiger partial charge is 0.503 e. The van der Waals surface area contributed by atoms with Crippen LogP contribution < -0.4 is 19.6 Å². The molecular weight excluding hydrogens is 572 g/mol. The maximum Gasteiger partial charge on any atom is 0.338 e. The molecule has 0 fully saturated rings. The highest BCUT2D eigenvalue weighted by Crippen LogP contribution is 2.35. The minimum Gasteiger partial charge on any atom is -0.503 e. The van der Waals surface area contributed by atoms with E-state index in [4.69, 9.17) is 14.2 Å². The van der Waals surface area contributed by atoms with Crippen LogP contribution in [0.2, 0.25) is 0 Å². The van der Waals surface area contributed by atoms with Crippen molar-refractivity contribution in [3.05, 3.63) is 88.5 Å². The molecule has 0 saturated carbocycles. The van der Waals surface area contributed by atoms with Gasteiger partial charge in [-0.15, -0.1) is 0 Å². The standard InChI is InChI=1S/C28H29BrN2O6S/c1-15(2)18-6-8-19(9-7-18)24-23(27(34)37-11-10-35-4)16(3)30-28-31(24)26(33)22(38-28)14-17-12-20(29)25(32)21(13-17)36-5/h6-9,12-15,24,32H,10-11H2,1-5H3. The summed E-state index contributed by atoms with van der Waals surface area (Å²) in [4.78, 5) is 32.2. The highest BCUT2D eigenvalue weighted by Gasteiger charge is 2.33. The second kappa shape index (κ2) is 11.7. The lowest BCUT2D eigenvalue weighted by Crippen LogP contribution is -2.40. The Morgan fingerprint density at radius 1 is 1.21 bits per heavy atom. The van der Waals surface area contributed by atoms with Crippen molar-refractivity contribution in [3.63, 3.8) is 0 Å². The number of hydrogen-bond acceptors (Lipinski definition) is 8. The molecule has 0 amide bonds. The lowest BCUT2D eigenvalue weighted by Gasteiger charge is -2.25. The number of aromatic nitrogens is 1. The van der Waals surface area contributed by atoms with Gasteiger partial charge in [0, 0.05) is 7.11 Å². The van der Waals surface area contributed by atoms with Gasteiger partial charge in [-0.1, -0.05) is 49.4 Å². The topological polar surface area (TPSA) is 99.4 Å². The number of hydrogen-bond donors (Lipinski definition) is 1. The molecule has 1 aromatic heterocycles. The number of methoxy groups -OCH3 is 2. The fraction of sp³-hybridized carbons (Fsp3) is 0.321. The molecule has 1 aliphatic heterocycles. The molecule has 0 saturated heterocycles. The molecule has 2 heterocycles. The number of esters is 1. The fourth-order valence-electron chi connectivity index (χ4n) is 4.24. The van der Waals surface area contributed by atoms with Crippen molar-refractivity contribution in [2.24, 2.45) is 4.99 Å². The number of fused-ring (bicyclic) bond motifs is 1. The van der Waals surface area contributed by atoms with Gasteiger partial charge in [-0.25, -0.2) is 9.79 Å². The molecule has 1 unspecified atom stereocenters. The molecule has 8 nitrogen and oxygen atoms in total. The first-order chi connectivity index (χ1) is 18.2. The van der Waals surface area contributed by atoms with Crippen LogP contribution in [0.5, 0.6) is 11.5 Å². The van der Waals surface area contributed by atoms with E-state index in [1.165, 1.54) is 25.6 Å². The van der Waals surface area contributed by atoms with E-state index in [0.717, 1.165) is 11.1 Å². The quantitative estimate of drug-likeness (QED) is 0.310. The first-order valence-electron chi connectivity index (χ1n) is 12.0. The molecular formula is C28H29BrN2O6S. The first kappa shape index (κ1) is 27.8. The second-order valence-corrected chi connectivity index (χ2v) is 10.9. The molecule has 10 heteroatoms. The van der Waals surface area contributed by atoms with E-state index in [-0.39, 0.29) is 30.3 Å². The van der Waals surface area contributed by atoms with Crippen LogP contribution in [0, 0.1) is 0 Å². The van der Waals surface area contributed by atoms with Gasteiger partial charge in [0.25, 0.3) is 5.56 Å². The van der Waals surface area contributed by atoms with Gasteiger partial charge >= 0.3 is 5.97 Å². The molecule has 1 atom stereocenters. The second-order valence-electron chi connectivity index (χ2n) is 9.09. The Hall–Kier alpha value is -3.21. The van der Waals surface area contributed by atoms with Gasteiger partial charge in [-0.3, -0.25) is 9.36 Å². The smallest absolute Gasteiger partial charge is 0.338 e. The van der Waals surface area contributed by atoms with E-state index in [1.807, 2.05) is 24.3 Å². The minimum atomic E-state index is -0.703. The zero-order chi connectivity index (χ0) is 27.6. The first-order valence-corrected chi connectivity index (χ1v) is 13.6. The lowest BCUT2D eigenvalue weighted by atomic mass is 9.93. The third-order valence-corrected chi connectivity index (χ3v) is 7.84. The fourth-order valence-corrected chi connectivity index (χ4v) is 5.75. The molecule has 4 rings (SSSR count). The van der Waals surface area contributed by atoms with E-state index < -0.39 is 12.0 Å².